The van der Waals surface area contributed by atoms with Crippen LogP contribution in [0, 0.1) is 0 Å². The summed E-state index contributed by atoms with van der Waals surface area (Å²) in [6.07, 6.45) is 0. The van der Waals surface area contributed by atoms with E-state index in [4.69, 9.17) is 4.74 Å². The van der Waals surface area contributed by atoms with Crippen LogP contribution in [0.4, 0.5) is 5.69 Å². The summed E-state index contributed by atoms with van der Waals surface area (Å²) in [5.41, 5.74) is 0.874. The van der Waals surface area contributed by atoms with E-state index in [-0.39, 0.29) is 12.5 Å². The Balaban J connectivity index is 1.93. The summed E-state index contributed by atoms with van der Waals surface area (Å²) in [6.45, 7) is -0.126. The topological polar surface area (TPSA) is 64.6 Å². The number of esters is 1. The highest BCUT2D eigenvalue weighted by atomic mass is 79.9. The molecular formula is C16H14BrNO4. The Bertz CT molecular complexity index is 687. The van der Waals surface area contributed by atoms with Crippen LogP contribution in [-0.2, 0) is 9.53 Å². The fraction of sp³-hybridized carbons (Fsp3) is 0.125. The second kappa shape index (κ2) is 7.61. The van der Waals surface area contributed by atoms with Gasteiger partial charge in [0.2, 0.25) is 0 Å². The molecule has 6 heteroatoms. The third-order valence-electron chi connectivity index (χ3n) is 2.73. The Morgan fingerprint density at radius 3 is 2.64 bits per heavy atom. The van der Waals surface area contributed by atoms with Crippen LogP contribution in [-0.4, -0.2) is 25.6 Å². The number of carbonyl (C=O) groups is 2. The predicted molar refractivity (Wildman–Crippen MR) is 86.0 cm³/mol. The van der Waals surface area contributed by atoms with Crippen molar-refractivity contribution in [1.82, 2.24) is 0 Å². The Morgan fingerprint density at radius 1 is 1.14 bits per heavy atom. The number of hydrogen-bond donors (Lipinski definition) is 1. The van der Waals surface area contributed by atoms with E-state index in [0.29, 0.717) is 17.0 Å². The molecule has 0 aliphatic heterocycles. The molecule has 2 aromatic rings. The van der Waals surface area contributed by atoms with Gasteiger partial charge >= 0.3 is 5.97 Å². The first-order valence-corrected chi connectivity index (χ1v) is 7.24. The van der Waals surface area contributed by atoms with E-state index in [1.54, 1.807) is 36.4 Å². The fourth-order valence-corrected chi connectivity index (χ4v) is 2.12. The van der Waals surface area contributed by atoms with Gasteiger partial charge in [-0.15, -0.1) is 0 Å². The molecule has 2 aromatic carbocycles. The zero-order chi connectivity index (χ0) is 15.9. The third kappa shape index (κ3) is 4.60. The molecule has 0 fully saturated rings. The van der Waals surface area contributed by atoms with E-state index in [9.17, 15) is 9.59 Å². The van der Waals surface area contributed by atoms with E-state index in [1.165, 1.54) is 7.11 Å². The van der Waals surface area contributed by atoms with Crippen molar-refractivity contribution in [1.29, 1.82) is 0 Å². The third-order valence-corrected chi connectivity index (χ3v) is 3.23. The molecule has 1 amide bonds. The molecule has 0 atom stereocenters. The maximum absolute atomic E-state index is 11.9. The largest absolute Gasteiger partial charge is 0.484 e. The first-order chi connectivity index (χ1) is 10.6. The molecule has 0 radical (unpaired) electrons. The Hall–Kier alpha value is -2.34. The molecule has 0 saturated heterocycles. The van der Waals surface area contributed by atoms with Crippen molar-refractivity contribution in [2.45, 2.75) is 0 Å². The average Bonchev–Trinajstić information content (AvgIpc) is 2.52. The number of nitrogens with one attached hydrogen (secondary N) is 1. The average molecular weight is 364 g/mol. The molecule has 0 spiro atoms. The van der Waals surface area contributed by atoms with Crippen molar-refractivity contribution >= 4 is 33.5 Å². The molecular weight excluding hydrogens is 350 g/mol. The summed E-state index contributed by atoms with van der Waals surface area (Å²) in [6, 6.07) is 13.7. The normalized spacial score (nSPS) is 9.91. The van der Waals surface area contributed by atoms with Crippen molar-refractivity contribution in [3.05, 3.63) is 58.6 Å². The minimum absolute atomic E-state index is 0.126. The summed E-state index contributed by atoms with van der Waals surface area (Å²) < 4.78 is 10.9. The monoisotopic (exact) mass is 363 g/mol. The van der Waals surface area contributed by atoms with Gasteiger partial charge in [-0.3, -0.25) is 4.79 Å². The molecule has 5 nitrogen and oxygen atoms in total. The minimum atomic E-state index is -0.457. The lowest BCUT2D eigenvalue weighted by molar-refractivity contribution is -0.118. The van der Waals surface area contributed by atoms with Crippen LogP contribution in [0.15, 0.2) is 53.0 Å². The van der Waals surface area contributed by atoms with Crippen LogP contribution in [0.2, 0.25) is 0 Å². The van der Waals surface area contributed by atoms with Gasteiger partial charge in [0.25, 0.3) is 5.91 Å². The van der Waals surface area contributed by atoms with Gasteiger partial charge in [0.15, 0.2) is 6.61 Å². The Morgan fingerprint density at radius 2 is 1.91 bits per heavy atom. The van der Waals surface area contributed by atoms with E-state index in [2.05, 4.69) is 26.0 Å². The number of benzene rings is 2. The summed E-state index contributed by atoms with van der Waals surface area (Å²) in [5.74, 6) is -0.184. The van der Waals surface area contributed by atoms with Crippen molar-refractivity contribution in [3.63, 3.8) is 0 Å². The highest BCUT2D eigenvalue weighted by Gasteiger charge is 2.08. The van der Waals surface area contributed by atoms with Crippen LogP contribution in [0.25, 0.3) is 0 Å². The molecule has 0 aromatic heterocycles. The Labute approximate surface area is 136 Å². The van der Waals surface area contributed by atoms with Crippen LogP contribution in [0.5, 0.6) is 5.75 Å². The lowest BCUT2D eigenvalue weighted by atomic mass is 10.2. The number of anilines is 1. The van der Waals surface area contributed by atoms with Gasteiger partial charge in [-0.25, -0.2) is 4.79 Å². The molecule has 0 unspecified atom stereocenters. The van der Waals surface area contributed by atoms with Gasteiger partial charge in [0.05, 0.1) is 12.7 Å². The van der Waals surface area contributed by atoms with Crippen molar-refractivity contribution < 1.29 is 19.1 Å². The van der Waals surface area contributed by atoms with Gasteiger partial charge in [0.1, 0.15) is 5.75 Å². The van der Waals surface area contributed by atoms with E-state index in [0.717, 1.165) is 4.47 Å². The molecule has 0 bridgehead atoms. The van der Waals surface area contributed by atoms with Gasteiger partial charge < -0.3 is 14.8 Å². The Kier molecular flexibility index (Phi) is 5.55. The second-order valence-electron chi connectivity index (χ2n) is 4.37. The van der Waals surface area contributed by atoms with Gasteiger partial charge in [-0.1, -0.05) is 28.1 Å². The maximum Gasteiger partial charge on any atom is 0.337 e. The van der Waals surface area contributed by atoms with Crippen molar-refractivity contribution in [3.8, 4) is 5.75 Å². The van der Waals surface area contributed by atoms with Crippen molar-refractivity contribution in [2.24, 2.45) is 0 Å². The predicted octanol–water partition coefficient (Wildman–Crippen LogP) is 3.25. The molecule has 2 rings (SSSR count). The minimum Gasteiger partial charge on any atom is -0.484 e. The van der Waals surface area contributed by atoms with E-state index < -0.39 is 5.97 Å². The zero-order valence-electron chi connectivity index (χ0n) is 11.8. The van der Waals surface area contributed by atoms with Crippen LogP contribution in [0.3, 0.4) is 0 Å². The zero-order valence-corrected chi connectivity index (χ0v) is 13.4. The molecule has 114 valence electrons. The molecule has 0 aliphatic carbocycles. The number of ether oxygens (including phenoxy) is 2. The standard InChI is InChI=1S/C16H14BrNO4/c1-21-16(20)11-4-2-6-13(8-11)18-15(19)10-22-14-7-3-5-12(17)9-14/h2-9H,10H2,1H3,(H,18,19). The summed E-state index contributed by atoms with van der Waals surface area (Å²) in [7, 11) is 1.30. The SMILES string of the molecule is COC(=O)c1cccc(NC(=O)COc2cccc(Br)c2)c1. The summed E-state index contributed by atoms with van der Waals surface area (Å²) >= 11 is 3.33. The number of hydrogen-bond acceptors (Lipinski definition) is 4. The van der Waals surface area contributed by atoms with Gasteiger partial charge in [0, 0.05) is 10.2 Å². The van der Waals surface area contributed by atoms with E-state index >= 15 is 0 Å². The van der Waals surface area contributed by atoms with Gasteiger partial charge in [-0.05, 0) is 36.4 Å². The molecule has 1 N–H and O–H groups in total. The van der Waals surface area contributed by atoms with Crippen molar-refractivity contribution in [2.75, 3.05) is 19.0 Å². The second-order valence-corrected chi connectivity index (χ2v) is 5.28. The fourth-order valence-electron chi connectivity index (χ4n) is 1.74. The maximum atomic E-state index is 11.9. The lowest BCUT2D eigenvalue weighted by Crippen LogP contribution is -2.20. The quantitative estimate of drug-likeness (QED) is 0.828. The summed E-state index contributed by atoms with van der Waals surface area (Å²) in [5, 5.41) is 2.66. The highest BCUT2D eigenvalue weighted by Crippen LogP contribution is 2.18. The number of amides is 1. The number of methoxy groups -OCH3 is 1. The number of rotatable bonds is 5. The van der Waals surface area contributed by atoms with Gasteiger partial charge in [-0.2, -0.15) is 0 Å². The molecule has 0 heterocycles. The highest BCUT2D eigenvalue weighted by molar-refractivity contribution is 9.10. The van der Waals surface area contributed by atoms with E-state index in [1.807, 2.05) is 12.1 Å². The molecule has 0 saturated carbocycles. The first-order valence-electron chi connectivity index (χ1n) is 6.45. The smallest absolute Gasteiger partial charge is 0.337 e. The van der Waals surface area contributed by atoms with Crippen LogP contribution >= 0.6 is 15.9 Å². The molecule has 22 heavy (non-hydrogen) atoms. The first kappa shape index (κ1) is 16.0. The summed E-state index contributed by atoms with van der Waals surface area (Å²) in [4.78, 5) is 23.3. The number of halogens is 1. The number of carbonyl (C=O) groups excluding carboxylic acids is 2. The molecule has 0 aliphatic rings. The van der Waals surface area contributed by atoms with Crippen LogP contribution in [0.1, 0.15) is 10.4 Å². The lowest BCUT2D eigenvalue weighted by Gasteiger charge is -2.08. The van der Waals surface area contributed by atoms with Crippen LogP contribution < -0.4 is 10.1 Å².